The number of unbranched alkanes of at least 4 members (excludes halogenated alkanes) is 1. The third-order valence-electron chi connectivity index (χ3n) is 9.01. The van der Waals surface area contributed by atoms with E-state index in [9.17, 15) is 24.3 Å². The average molecular weight is 626 g/mol. The second-order valence-corrected chi connectivity index (χ2v) is 12.5. The molecule has 1 aliphatic carbocycles. The normalized spacial score (nSPS) is 16.1. The van der Waals surface area contributed by atoms with E-state index in [1.165, 1.54) is 0 Å². The third kappa shape index (κ3) is 7.09. The maximum atomic E-state index is 13.9. The Morgan fingerprint density at radius 2 is 1.59 bits per heavy atom. The fraction of sp³-hybridized carbons (Fsp3) is 0.405. The van der Waals surface area contributed by atoms with Crippen LogP contribution in [-0.4, -0.2) is 70.6 Å². The fourth-order valence-electron chi connectivity index (χ4n) is 6.47. The number of aliphatic carboxylic acids is 1. The smallest absolute Gasteiger partial charge is 0.410 e. The van der Waals surface area contributed by atoms with Gasteiger partial charge in [0.25, 0.3) is 5.91 Å². The van der Waals surface area contributed by atoms with Crippen LogP contribution in [0.3, 0.4) is 0 Å². The number of nitrogens with zero attached hydrogens (tertiary/aromatic N) is 2. The first kappa shape index (κ1) is 32.7. The van der Waals surface area contributed by atoms with Crippen molar-refractivity contribution in [3.05, 3.63) is 95.1 Å². The van der Waals surface area contributed by atoms with E-state index in [1.807, 2.05) is 24.3 Å². The SMILES string of the molecule is CCCCN(Cc1ccc(C(=O)N[C@H](C(=O)O)C(C)C)cc1)C(=O)[C@H]1CCCN1C(=O)OCC1c2ccccc2-c2ccccc21. The van der Waals surface area contributed by atoms with Crippen molar-refractivity contribution in [3.8, 4) is 11.1 Å². The number of carboxylic acid groups (broad SMARTS) is 1. The van der Waals surface area contributed by atoms with Gasteiger partial charge in [-0.15, -0.1) is 0 Å². The second kappa shape index (κ2) is 14.6. The monoisotopic (exact) mass is 625 g/mol. The van der Waals surface area contributed by atoms with Crippen LogP contribution in [0.1, 0.15) is 79.4 Å². The van der Waals surface area contributed by atoms with E-state index in [2.05, 4.69) is 36.5 Å². The van der Waals surface area contributed by atoms with Crippen LogP contribution in [0.25, 0.3) is 11.1 Å². The van der Waals surface area contributed by atoms with Crippen molar-refractivity contribution < 1.29 is 29.0 Å². The lowest BCUT2D eigenvalue weighted by atomic mass is 9.98. The third-order valence-corrected chi connectivity index (χ3v) is 9.01. The van der Waals surface area contributed by atoms with Gasteiger partial charge in [0.2, 0.25) is 5.91 Å². The summed E-state index contributed by atoms with van der Waals surface area (Å²) in [6, 6.07) is 21.7. The molecule has 3 aromatic carbocycles. The predicted octanol–water partition coefficient (Wildman–Crippen LogP) is 6.07. The van der Waals surface area contributed by atoms with E-state index in [0.29, 0.717) is 31.6 Å². The summed E-state index contributed by atoms with van der Waals surface area (Å²) in [5, 5.41) is 12.0. The maximum absolute atomic E-state index is 13.9. The van der Waals surface area contributed by atoms with Crippen molar-refractivity contribution >= 4 is 23.9 Å². The highest BCUT2D eigenvalue weighted by atomic mass is 16.6. The molecule has 1 saturated heterocycles. The van der Waals surface area contributed by atoms with Crippen molar-refractivity contribution in [3.63, 3.8) is 0 Å². The topological polar surface area (TPSA) is 116 Å². The summed E-state index contributed by atoms with van der Waals surface area (Å²) < 4.78 is 5.92. The van der Waals surface area contributed by atoms with Crippen LogP contribution < -0.4 is 5.32 Å². The molecule has 0 saturated carbocycles. The van der Waals surface area contributed by atoms with Gasteiger partial charge in [0.15, 0.2) is 0 Å². The summed E-state index contributed by atoms with van der Waals surface area (Å²) in [4.78, 5) is 55.0. The van der Waals surface area contributed by atoms with Crippen molar-refractivity contribution in [1.29, 1.82) is 0 Å². The highest BCUT2D eigenvalue weighted by Crippen LogP contribution is 2.44. The second-order valence-electron chi connectivity index (χ2n) is 12.5. The number of carbonyl (C=O) groups excluding carboxylic acids is 3. The molecule has 0 unspecified atom stereocenters. The lowest BCUT2D eigenvalue weighted by Crippen LogP contribution is -2.48. The van der Waals surface area contributed by atoms with Crippen LogP contribution in [0, 0.1) is 5.92 Å². The molecule has 0 aromatic heterocycles. The Morgan fingerprint density at radius 1 is 0.957 bits per heavy atom. The molecule has 2 atom stereocenters. The number of rotatable bonds is 12. The number of amides is 3. The molecule has 1 heterocycles. The van der Waals surface area contributed by atoms with E-state index in [1.54, 1.807) is 47.9 Å². The van der Waals surface area contributed by atoms with Gasteiger partial charge in [-0.25, -0.2) is 9.59 Å². The Labute approximate surface area is 270 Å². The zero-order valence-electron chi connectivity index (χ0n) is 26.8. The van der Waals surface area contributed by atoms with E-state index >= 15 is 0 Å². The van der Waals surface area contributed by atoms with Crippen LogP contribution in [0.15, 0.2) is 72.8 Å². The molecule has 2 N–H and O–H groups in total. The highest BCUT2D eigenvalue weighted by Gasteiger charge is 2.38. The molecule has 0 radical (unpaired) electrons. The standard InChI is InChI=1S/C37H43N3O6/c1-4-5-20-39(22-25-16-18-26(19-17-25)34(41)38-33(24(2)3)36(43)44)35(42)32-15-10-21-40(32)37(45)46-23-31-29-13-8-6-11-27(29)28-12-7-9-14-30(28)31/h6-9,11-14,16-19,24,31-33H,4-5,10,15,20-23H2,1-3H3,(H,38,41)(H,43,44)/t32-,33+/m1/s1. The van der Waals surface area contributed by atoms with Gasteiger partial charge < -0.3 is 20.1 Å². The number of likely N-dealkylation sites (tertiary alicyclic amines) is 1. The van der Waals surface area contributed by atoms with Gasteiger partial charge in [0.05, 0.1) is 0 Å². The number of nitrogens with one attached hydrogen (secondary N) is 1. The number of benzene rings is 3. The first-order valence-corrected chi connectivity index (χ1v) is 16.2. The van der Waals surface area contributed by atoms with Crippen LogP contribution in [0.5, 0.6) is 0 Å². The molecule has 1 fully saturated rings. The minimum absolute atomic E-state index is 0.0559. The summed E-state index contributed by atoms with van der Waals surface area (Å²) in [6.07, 6.45) is 2.55. The Balaban J connectivity index is 1.24. The molecular weight excluding hydrogens is 582 g/mol. The number of fused-ring (bicyclic) bond motifs is 3. The molecule has 0 spiro atoms. The van der Waals surface area contributed by atoms with E-state index in [-0.39, 0.29) is 24.3 Å². The highest BCUT2D eigenvalue weighted by molar-refractivity contribution is 5.96. The summed E-state index contributed by atoms with van der Waals surface area (Å²) in [5.41, 5.74) is 5.79. The quantitative estimate of drug-likeness (QED) is 0.253. The summed E-state index contributed by atoms with van der Waals surface area (Å²) >= 11 is 0. The molecule has 2 aliphatic rings. The number of carboxylic acids is 1. The van der Waals surface area contributed by atoms with Gasteiger partial charge in [0.1, 0.15) is 18.7 Å². The van der Waals surface area contributed by atoms with Gasteiger partial charge in [-0.05, 0) is 65.1 Å². The van der Waals surface area contributed by atoms with Gasteiger partial charge in [-0.1, -0.05) is 87.9 Å². The van der Waals surface area contributed by atoms with Gasteiger partial charge in [-0.2, -0.15) is 0 Å². The van der Waals surface area contributed by atoms with Crippen molar-refractivity contribution in [1.82, 2.24) is 15.1 Å². The lowest BCUT2D eigenvalue weighted by molar-refractivity contribution is -0.140. The van der Waals surface area contributed by atoms with Gasteiger partial charge >= 0.3 is 12.1 Å². The number of carbonyl (C=O) groups is 4. The van der Waals surface area contributed by atoms with Crippen LogP contribution in [-0.2, 0) is 20.9 Å². The number of hydrogen-bond donors (Lipinski definition) is 2. The average Bonchev–Trinajstić information content (AvgIpc) is 3.67. The predicted molar refractivity (Wildman–Crippen MR) is 175 cm³/mol. The van der Waals surface area contributed by atoms with Crippen LogP contribution >= 0.6 is 0 Å². The molecule has 9 heteroatoms. The zero-order valence-corrected chi connectivity index (χ0v) is 26.8. The molecule has 3 amide bonds. The maximum Gasteiger partial charge on any atom is 0.410 e. The Bertz CT molecular complexity index is 1520. The Morgan fingerprint density at radius 3 is 2.17 bits per heavy atom. The summed E-state index contributed by atoms with van der Waals surface area (Å²) in [7, 11) is 0. The Kier molecular flexibility index (Phi) is 10.4. The number of hydrogen-bond acceptors (Lipinski definition) is 5. The fourth-order valence-corrected chi connectivity index (χ4v) is 6.47. The first-order valence-electron chi connectivity index (χ1n) is 16.2. The largest absolute Gasteiger partial charge is 0.480 e. The van der Waals surface area contributed by atoms with Crippen molar-refractivity contribution in [2.45, 2.75) is 71.0 Å². The Hall–Kier alpha value is -4.66. The van der Waals surface area contributed by atoms with E-state index in [0.717, 1.165) is 47.1 Å². The molecule has 1 aliphatic heterocycles. The van der Waals surface area contributed by atoms with Crippen molar-refractivity contribution in [2.24, 2.45) is 5.92 Å². The molecule has 242 valence electrons. The summed E-state index contributed by atoms with van der Waals surface area (Å²) in [6.45, 7) is 7.09. The molecule has 0 bridgehead atoms. The van der Waals surface area contributed by atoms with E-state index in [4.69, 9.17) is 4.74 Å². The molecule has 9 nitrogen and oxygen atoms in total. The summed E-state index contributed by atoms with van der Waals surface area (Å²) in [5.74, 6) is -1.97. The minimum Gasteiger partial charge on any atom is -0.480 e. The molecule has 46 heavy (non-hydrogen) atoms. The van der Waals surface area contributed by atoms with Gasteiger partial charge in [0, 0.05) is 31.1 Å². The van der Waals surface area contributed by atoms with Crippen LogP contribution in [0.4, 0.5) is 4.79 Å². The number of ether oxygens (including phenoxy) is 1. The molecule has 5 rings (SSSR count). The molecule has 3 aromatic rings. The van der Waals surface area contributed by atoms with Crippen molar-refractivity contribution in [2.75, 3.05) is 19.7 Å². The lowest BCUT2D eigenvalue weighted by Gasteiger charge is -2.30. The minimum atomic E-state index is -1.08. The first-order chi connectivity index (χ1) is 22.2. The zero-order chi connectivity index (χ0) is 32.8. The van der Waals surface area contributed by atoms with E-state index < -0.39 is 30.1 Å². The van der Waals surface area contributed by atoms with Gasteiger partial charge in [-0.3, -0.25) is 14.5 Å². The van der Waals surface area contributed by atoms with Crippen LogP contribution in [0.2, 0.25) is 0 Å². The molecular formula is C37H43N3O6.